The summed E-state index contributed by atoms with van der Waals surface area (Å²) in [5, 5.41) is 12.8. The van der Waals surface area contributed by atoms with Gasteiger partial charge in [-0.25, -0.2) is 8.42 Å². The van der Waals surface area contributed by atoms with E-state index in [9.17, 15) is 13.2 Å². The zero-order valence-electron chi connectivity index (χ0n) is 14.6. The molecule has 0 amide bonds. The summed E-state index contributed by atoms with van der Waals surface area (Å²) in [6, 6.07) is 12.2. The molecule has 0 aliphatic carbocycles. The number of rotatable bonds is 6. The minimum Gasteiger partial charge on any atom is -0.480 e. The standard InChI is InChI=1S/C18H17N3O5S/c1-11-3-5-13(6-4-11)16-19-17(26-20-16)14-7-9-15(10-8-14)27(24,25)21-12(2)18(22)23/h3-10,12,21H,1-2H3,(H,22,23)/t12-/m0/s1. The van der Waals surface area contributed by atoms with E-state index in [0.29, 0.717) is 11.4 Å². The lowest BCUT2D eigenvalue weighted by molar-refractivity contribution is -0.138. The Morgan fingerprint density at radius 1 is 1.07 bits per heavy atom. The zero-order valence-corrected chi connectivity index (χ0v) is 15.4. The number of carboxylic acids is 1. The third kappa shape index (κ3) is 4.21. The van der Waals surface area contributed by atoms with E-state index in [1.807, 2.05) is 31.2 Å². The van der Waals surface area contributed by atoms with Crippen LogP contribution in [0.4, 0.5) is 0 Å². The maximum absolute atomic E-state index is 12.2. The fraction of sp³-hybridized carbons (Fsp3) is 0.167. The molecule has 0 saturated carbocycles. The van der Waals surface area contributed by atoms with Crippen LogP contribution in [-0.4, -0.2) is 35.7 Å². The fourth-order valence-electron chi connectivity index (χ4n) is 2.29. The van der Waals surface area contributed by atoms with Crippen molar-refractivity contribution in [3.63, 3.8) is 0 Å². The van der Waals surface area contributed by atoms with Gasteiger partial charge in [-0.15, -0.1) is 0 Å². The molecule has 0 unspecified atom stereocenters. The van der Waals surface area contributed by atoms with Crippen LogP contribution in [0.1, 0.15) is 12.5 Å². The van der Waals surface area contributed by atoms with Crippen molar-refractivity contribution in [1.29, 1.82) is 0 Å². The average molecular weight is 387 g/mol. The van der Waals surface area contributed by atoms with Crippen LogP contribution in [0.5, 0.6) is 0 Å². The SMILES string of the molecule is Cc1ccc(-c2noc(-c3ccc(S(=O)(=O)N[C@@H](C)C(=O)O)cc3)n2)cc1. The molecule has 1 heterocycles. The van der Waals surface area contributed by atoms with Gasteiger partial charge < -0.3 is 9.63 Å². The molecule has 140 valence electrons. The van der Waals surface area contributed by atoms with E-state index >= 15 is 0 Å². The summed E-state index contributed by atoms with van der Waals surface area (Å²) >= 11 is 0. The number of carbonyl (C=O) groups is 1. The number of aromatic nitrogens is 2. The van der Waals surface area contributed by atoms with Crippen LogP contribution in [0, 0.1) is 6.92 Å². The summed E-state index contributed by atoms with van der Waals surface area (Å²) in [5.74, 6) is -0.579. The maximum Gasteiger partial charge on any atom is 0.321 e. The van der Waals surface area contributed by atoms with Gasteiger partial charge in [-0.1, -0.05) is 35.0 Å². The Morgan fingerprint density at radius 3 is 2.26 bits per heavy atom. The van der Waals surface area contributed by atoms with Gasteiger partial charge in [-0.2, -0.15) is 9.71 Å². The molecule has 2 aromatic carbocycles. The molecule has 0 aliphatic heterocycles. The normalized spacial score (nSPS) is 12.7. The molecule has 27 heavy (non-hydrogen) atoms. The van der Waals surface area contributed by atoms with Crippen LogP contribution < -0.4 is 4.72 Å². The largest absolute Gasteiger partial charge is 0.480 e. The Hall–Kier alpha value is -3.04. The molecule has 0 saturated heterocycles. The van der Waals surface area contributed by atoms with Gasteiger partial charge in [0.1, 0.15) is 6.04 Å². The van der Waals surface area contributed by atoms with Crippen molar-refractivity contribution in [2.75, 3.05) is 0 Å². The minimum atomic E-state index is -3.94. The van der Waals surface area contributed by atoms with E-state index in [0.717, 1.165) is 11.1 Å². The van der Waals surface area contributed by atoms with Crippen LogP contribution >= 0.6 is 0 Å². The molecule has 0 aliphatic rings. The van der Waals surface area contributed by atoms with Gasteiger partial charge in [-0.3, -0.25) is 4.79 Å². The molecule has 0 fully saturated rings. The van der Waals surface area contributed by atoms with Gasteiger partial charge in [0.05, 0.1) is 4.90 Å². The van der Waals surface area contributed by atoms with Crippen molar-refractivity contribution in [2.45, 2.75) is 24.8 Å². The topological polar surface area (TPSA) is 122 Å². The first kappa shape index (κ1) is 18.7. The predicted molar refractivity (Wildman–Crippen MR) is 97.3 cm³/mol. The lowest BCUT2D eigenvalue weighted by Gasteiger charge is -2.10. The lowest BCUT2D eigenvalue weighted by atomic mass is 10.1. The van der Waals surface area contributed by atoms with E-state index in [1.54, 1.807) is 0 Å². The Bertz CT molecular complexity index is 1060. The van der Waals surface area contributed by atoms with Crippen LogP contribution in [-0.2, 0) is 14.8 Å². The van der Waals surface area contributed by atoms with Gasteiger partial charge in [0.2, 0.25) is 15.8 Å². The van der Waals surface area contributed by atoms with Crippen LogP contribution in [0.2, 0.25) is 0 Å². The summed E-state index contributed by atoms with van der Waals surface area (Å²) < 4.78 is 31.7. The van der Waals surface area contributed by atoms with Gasteiger partial charge in [0.15, 0.2) is 0 Å². The van der Waals surface area contributed by atoms with E-state index in [-0.39, 0.29) is 10.8 Å². The molecule has 9 heteroatoms. The summed E-state index contributed by atoms with van der Waals surface area (Å²) in [5.41, 5.74) is 2.47. The average Bonchev–Trinajstić information content (AvgIpc) is 3.12. The number of nitrogens with one attached hydrogen (secondary N) is 1. The fourth-order valence-corrected chi connectivity index (χ4v) is 3.49. The highest BCUT2D eigenvalue weighted by atomic mass is 32.2. The highest BCUT2D eigenvalue weighted by Gasteiger charge is 2.21. The monoisotopic (exact) mass is 387 g/mol. The van der Waals surface area contributed by atoms with Gasteiger partial charge in [0.25, 0.3) is 5.89 Å². The summed E-state index contributed by atoms with van der Waals surface area (Å²) in [6.07, 6.45) is 0. The number of hydrogen-bond donors (Lipinski definition) is 2. The Kier molecular flexibility index (Phi) is 5.06. The van der Waals surface area contributed by atoms with Crippen LogP contribution in [0.15, 0.2) is 57.9 Å². The molecule has 3 aromatic rings. The number of carboxylic acid groups (broad SMARTS) is 1. The Labute approximate surface area is 155 Å². The van der Waals surface area contributed by atoms with Crippen molar-refractivity contribution in [3.05, 3.63) is 54.1 Å². The number of benzene rings is 2. The van der Waals surface area contributed by atoms with Crippen molar-refractivity contribution >= 4 is 16.0 Å². The molecule has 0 bridgehead atoms. The molecular formula is C18H17N3O5S. The first-order valence-electron chi connectivity index (χ1n) is 8.02. The van der Waals surface area contributed by atoms with Gasteiger partial charge in [0, 0.05) is 11.1 Å². The second kappa shape index (κ2) is 7.29. The molecule has 3 rings (SSSR count). The molecule has 1 aromatic heterocycles. The lowest BCUT2D eigenvalue weighted by Crippen LogP contribution is -2.38. The summed E-state index contributed by atoms with van der Waals surface area (Å²) in [4.78, 5) is 15.1. The Morgan fingerprint density at radius 2 is 1.67 bits per heavy atom. The number of sulfonamides is 1. The van der Waals surface area contributed by atoms with Gasteiger partial charge in [-0.05, 0) is 38.1 Å². The number of aryl methyl sites for hydroxylation is 1. The van der Waals surface area contributed by atoms with Crippen molar-refractivity contribution in [2.24, 2.45) is 0 Å². The zero-order chi connectivity index (χ0) is 19.6. The number of aliphatic carboxylic acids is 1. The highest BCUT2D eigenvalue weighted by molar-refractivity contribution is 7.89. The predicted octanol–water partition coefficient (Wildman–Crippen LogP) is 2.46. The van der Waals surface area contributed by atoms with E-state index in [1.165, 1.54) is 31.2 Å². The highest BCUT2D eigenvalue weighted by Crippen LogP contribution is 2.23. The van der Waals surface area contributed by atoms with E-state index in [4.69, 9.17) is 9.63 Å². The van der Waals surface area contributed by atoms with E-state index in [2.05, 4.69) is 14.9 Å². The first-order chi connectivity index (χ1) is 12.8. The smallest absolute Gasteiger partial charge is 0.321 e. The van der Waals surface area contributed by atoms with Crippen molar-refractivity contribution < 1.29 is 22.8 Å². The second-order valence-corrected chi connectivity index (χ2v) is 7.71. The van der Waals surface area contributed by atoms with Crippen molar-refractivity contribution in [3.8, 4) is 22.8 Å². The molecule has 8 nitrogen and oxygen atoms in total. The molecule has 2 N–H and O–H groups in total. The van der Waals surface area contributed by atoms with Crippen LogP contribution in [0.3, 0.4) is 0 Å². The third-order valence-corrected chi connectivity index (χ3v) is 5.41. The summed E-state index contributed by atoms with van der Waals surface area (Å²) in [7, 11) is -3.94. The number of hydrogen-bond acceptors (Lipinski definition) is 6. The molecule has 1 atom stereocenters. The summed E-state index contributed by atoms with van der Waals surface area (Å²) in [6.45, 7) is 3.23. The molecule has 0 spiro atoms. The Balaban J connectivity index is 1.82. The maximum atomic E-state index is 12.2. The third-order valence-electron chi connectivity index (χ3n) is 3.85. The minimum absolute atomic E-state index is 0.0578. The van der Waals surface area contributed by atoms with E-state index < -0.39 is 22.0 Å². The van der Waals surface area contributed by atoms with Crippen molar-refractivity contribution in [1.82, 2.24) is 14.9 Å². The van der Waals surface area contributed by atoms with Crippen LogP contribution in [0.25, 0.3) is 22.8 Å². The molecule has 0 radical (unpaired) electrons. The molecular weight excluding hydrogens is 370 g/mol. The van der Waals surface area contributed by atoms with Gasteiger partial charge >= 0.3 is 5.97 Å². The second-order valence-electron chi connectivity index (χ2n) is 5.99. The quantitative estimate of drug-likeness (QED) is 0.666. The first-order valence-corrected chi connectivity index (χ1v) is 9.51. The number of nitrogens with zero attached hydrogens (tertiary/aromatic N) is 2.